The maximum Gasteiger partial charge on any atom is 0.242 e. The third kappa shape index (κ3) is 4.47. The predicted molar refractivity (Wildman–Crippen MR) is 87.6 cm³/mol. The van der Waals surface area contributed by atoms with Crippen molar-refractivity contribution in [2.75, 3.05) is 13.1 Å². The fourth-order valence-electron chi connectivity index (χ4n) is 1.95. The maximum absolute atomic E-state index is 12.3. The van der Waals surface area contributed by atoms with Crippen molar-refractivity contribution in [2.45, 2.75) is 23.8 Å². The Hall–Kier alpha value is 0.440. The van der Waals surface area contributed by atoms with E-state index >= 15 is 0 Å². The van der Waals surface area contributed by atoms with E-state index in [0.717, 1.165) is 19.4 Å². The molecule has 1 saturated heterocycles. The highest BCUT2D eigenvalue weighted by molar-refractivity contribution is 9.10. The zero-order chi connectivity index (χ0) is 14.0. The summed E-state index contributed by atoms with van der Waals surface area (Å²) in [6.07, 6.45) is 1.77. The molecule has 1 unspecified atom stereocenters. The van der Waals surface area contributed by atoms with Crippen LogP contribution in [0.1, 0.15) is 12.8 Å². The second-order valence-corrected chi connectivity index (χ2v) is 7.71. The molecule has 2 N–H and O–H groups in total. The van der Waals surface area contributed by atoms with Gasteiger partial charge in [-0.15, -0.1) is 12.4 Å². The van der Waals surface area contributed by atoms with Crippen molar-refractivity contribution in [1.82, 2.24) is 10.0 Å². The van der Waals surface area contributed by atoms with E-state index in [1.54, 1.807) is 0 Å². The van der Waals surface area contributed by atoms with Crippen molar-refractivity contribution < 1.29 is 8.42 Å². The summed E-state index contributed by atoms with van der Waals surface area (Å²) in [7, 11) is -3.64. The van der Waals surface area contributed by atoms with E-state index < -0.39 is 10.0 Å². The zero-order valence-corrected chi connectivity index (χ0v) is 15.1. The van der Waals surface area contributed by atoms with Gasteiger partial charge in [0.1, 0.15) is 4.90 Å². The van der Waals surface area contributed by atoms with Gasteiger partial charge in [0.15, 0.2) is 0 Å². The predicted octanol–water partition coefficient (Wildman–Crippen LogP) is 3.21. The minimum Gasteiger partial charge on any atom is -0.315 e. The highest BCUT2D eigenvalue weighted by Crippen LogP contribution is 2.31. The van der Waals surface area contributed by atoms with Crippen LogP contribution in [0.25, 0.3) is 0 Å². The molecule has 1 aromatic carbocycles. The molecule has 1 atom stereocenters. The largest absolute Gasteiger partial charge is 0.315 e. The third-order valence-electron chi connectivity index (χ3n) is 2.88. The fourth-order valence-corrected chi connectivity index (χ4v) is 4.48. The van der Waals surface area contributed by atoms with E-state index in [4.69, 9.17) is 23.2 Å². The first kappa shape index (κ1) is 18.5. The highest BCUT2D eigenvalue weighted by Gasteiger charge is 2.24. The molecular formula is C11H14BrCl3N2O2S. The summed E-state index contributed by atoms with van der Waals surface area (Å²) >= 11 is 15.0. The Labute approximate surface area is 143 Å². The molecule has 1 aromatic rings. The Morgan fingerprint density at radius 3 is 2.60 bits per heavy atom. The molecule has 0 radical (unpaired) electrons. The number of nitrogens with one attached hydrogen (secondary N) is 2. The van der Waals surface area contributed by atoms with Crippen molar-refractivity contribution in [3.05, 3.63) is 26.7 Å². The second kappa shape index (κ2) is 7.63. The molecule has 2 rings (SSSR count). The molecule has 0 aromatic heterocycles. The summed E-state index contributed by atoms with van der Waals surface area (Å²) in [6.45, 7) is 1.55. The van der Waals surface area contributed by atoms with E-state index in [0.29, 0.717) is 16.0 Å². The van der Waals surface area contributed by atoms with Gasteiger partial charge in [0, 0.05) is 17.1 Å². The number of hydrogen-bond donors (Lipinski definition) is 2. The van der Waals surface area contributed by atoms with Gasteiger partial charge in [-0.3, -0.25) is 0 Å². The lowest BCUT2D eigenvalue weighted by Crippen LogP contribution is -2.45. The Balaban J connectivity index is 0.00000200. The molecule has 1 aliphatic heterocycles. The first-order chi connectivity index (χ1) is 8.90. The van der Waals surface area contributed by atoms with Crippen LogP contribution in [0.2, 0.25) is 10.0 Å². The summed E-state index contributed by atoms with van der Waals surface area (Å²) in [5.74, 6) is 0. The summed E-state index contributed by atoms with van der Waals surface area (Å²) in [6, 6.07) is 2.73. The van der Waals surface area contributed by atoms with Gasteiger partial charge in [0.05, 0.1) is 10.0 Å². The zero-order valence-electron chi connectivity index (χ0n) is 10.3. The van der Waals surface area contributed by atoms with Crippen LogP contribution in [-0.4, -0.2) is 27.5 Å². The Bertz CT molecular complexity index is 577. The Morgan fingerprint density at radius 2 is 2.00 bits per heavy atom. The van der Waals surface area contributed by atoms with Crippen LogP contribution in [0.3, 0.4) is 0 Å². The fraction of sp³-hybridized carbons (Fsp3) is 0.455. The molecule has 1 heterocycles. The summed E-state index contributed by atoms with van der Waals surface area (Å²) in [5, 5.41) is 3.65. The Kier molecular flexibility index (Phi) is 7.05. The molecule has 1 aliphatic rings. The van der Waals surface area contributed by atoms with E-state index in [1.807, 2.05) is 0 Å². The summed E-state index contributed by atoms with van der Waals surface area (Å²) in [5.41, 5.74) is 0. The van der Waals surface area contributed by atoms with Crippen LogP contribution in [0.5, 0.6) is 0 Å². The molecule has 0 saturated carbocycles. The number of rotatable bonds is 3. The first-order valence-corrected chi connectivity index (χ1v) is 8.81. The van der Waals surface area contributed by atoms with Gasteiger partial charge in [0.2, 0.25) is 10.0 Å². The number of benzene rings is 1. The van der Waals surface area contributed by atoms with Crippen LogP contribution >= 0.6 is 51.5 Å². The lowest BCUT2D eigenvalue weighted by atomic mass is 10.1. The lowest BCUT2D eigenvalue weighted by Gasteiger charge is -2.23. The van der Waals surface area contributed by atoms with Crippen LogP contribution in [-0.2, 0) is 10.0 Å². The molecule has 9 heteroatoms. The molecule has 0 bridgehead atoms. The molecule has 0 amide bonds. The van der Waals surface area contributed by atoms with E-state index in [2.05, 4.69) is 26.0 Å². The minimum atomic E-state index is -3.64. The average Bonchev–Trinajstić information content (AvgIpc) is 2.34. The van der Waals surface area contributed by atoms with Crippen molar-refractivity contribution in [3.63, 3.8) is 0 Å². The minimum absolute atomic E-state index is 0. The second-order valence-electron chi connectivity index (χ2n) is 4.36. The molecule has 4 nitrogen and oxygen atoms in total. The number of piperidine rings is 1. The van der Waals surface area contributed by atoms with Crippen LogP contribution in [0.15, 0.2) is 21.5 Å². The average molecular weight is 425 g/mol. The van der Waals surface area contributed by atoms with Crippen LogP contribution < -0.4 is 10.0 Å². The molecular weight excluding hydrogens is 410 g/mol. The van der Waals surface area contributed by atoms with E-state index in [1.165, 1.54) is 12.1 Å². The molecule has 1 fully saturated rings. The Morgan fingerprint density at radius 1 is 1.30 bits per heavy atom. The molecule has 0 spiro atoms. The highest BCUT2D eigenvalue weighted by atomic mass is 79.9. The van der Waals surface area contributed by atoms with Crippen molar-refractivity contribution in [2.24, 2.45) is 0 Å². The summed E-state index contributed by atoms with van der Waals surface area (Å²) in [4.78, 5) is 0.0380. The topological polar surface area (TPSA) is 58.2 Å². The van der Waals surface area contributed by atoms with Gasteiger partial charge in [-0.1, -0.05) is 23.2 Å². The smallest absolute Gasteiger partial charge is 0.242 e. The number of halogens is 4. The van der Waals surface area contributed by atoms with Gasteiger partial charge in [-0.05, 0) is 47.4 Å². The molecule has 20 heavy (non-hydrogen) atoms. The molecule has 0 aliphatic carbocycles. The third-order valence-corrected chi connectivity index (χ3v) is 6.07. The van der Waals surface area contributed by atoms with Gasteiger partial charge >= 0.3 is 0 Å². The maximum atomic E-state index is 12.3. The number of sulfonamides is 1. The van der Waals surface area contributed by atoms with Crippen LogP contribution in [0.4, 0.5) is 0 Å². The van der Waals surface area contributed by atoms with E-state index in [9.17, 15) is 8.42 Å². The quantitative estimate of drug-likeness (QED) is 0.733. The standard InChI is InChI=1S/C11H13BrCl2N2O2S.ClH/c12-8-4-11(10(14)5-9(8)13)19(17,18)16-7-2-1-3-15-6-7;/h4-5,7,15-16H,1-3,6H2;1H. The monoisotopic (exact) mass is 422 g/mol. The van der Waals surface area contributed by atoms with Crippen molar-refractivity contribution >= 4 is 61.6 Å². The number of hydrogen-bond acceptors (Lipinski definition) is 3. The van der Waals surface area contributed by atoms with Crippen molar-refractivity contribution in [1.29, 1.82) is 0 Å². The van der Waals surface area contributed by atoms with Gasteiger partial charge < -0.3 is 5.32 Å². The van der Waals surface area contributed by atoms with Gasteiger partial charge in [-0.2, -0.15) is 0 Å². The first-order valence-electron chi connectivity index (χ1n) is 5.78. The SMILES string of the molecule is Cl.O=S(=O)(NC1CCCNC1)c1cc(Br)c(Cl)cc1Cl. The van der Waals surface area contributed by atoms with E-state index in [-0.39, 0.29) is 28.4 Å². The normalized spacial score (nSPS) is 19.4. The summed E-state index contributed by atoms with van der Waals surface area (Å²) < 4.78 is 27.8. The van der Waals surface area contributed by atoms with Crippen molar-refractivity contribution in [3.8, 4) is 0 Å². The van der Waals surface area contributed by atoms with Gasteiger partial charge in [-0.25, -0.2) is 13.1 Å². The van der Waals surface area contributed by atoms with Gasteiger partial charge in [0.25, 0.3) is 0 Å². The molecule has 114 valence electrons. The van der Waals surface area contributed by atoms with Crippen LogP contribution in [0, 0.1) is 0 Å². The lowest BCUT2D eigenvalue weighted by molar-refractivity contribution is 0.428.